The van der Waals surface area contributed by atoms with E-state index >= 15 is 0 Å². The highest BCUT2D eigenvalue weighted by atomic mass is 35.5. The standard InChI is InChI=1S/C34H44Cl2N2O5/c1-2-3-4-5-6-7-8-9-10-15-30(40)38(22-23-16-17-24(35)20-27(23)36)28-21-26(34(42)37-18-19-39)31-25-13-11-12-14-29(25)43-33(31)32(28)41/h11-14,16-17,20-21,28,31-33,39,41H,2-10,15,18-19,22H2,1H3,(H,37,42)/t28-,31+,32+,33+/m1/s1. The Morgan fingerprint density at radius 3 is 2.37 bits per heavy atom. The van der Waals surface area contributed by atoms with E-state index < -0.39 is 24.2 Å². The molecular formula is C34H44Cl2N2O5. The number of nitrogens with zero attached hydrogens (tertiary/aromatic N) is 1. The van der Waals surface area contributed by atoms with Crippen LogP contribution in [0, 0.1) is 0 Å². The molecular weight excluding hydrogens is 587 g/mol. The number of carbonyl (C=O) groups is 2. The smallest absolute Gasteiger partial charge is 0.247 e. The molecule has 0 fully saturated rings. The predicted octanol–water partition coefficient (Wildman–Crippen LogP) is 6.57. The number of para-hydroxylation sites is 1. The summed E-state index contributed by atoms with van der Waals surface area (Å²) in [5.74, 6) is -0.392. The van der Waals surface area contributed by atoms with Crippen LogP contribution in [0.25, 0.3) is 0 Å². The van der Waals surface area contributed by atoms with Gasteiger partial charge in [0.05, 0.1) is 18.6 Å². The first-order chi connectivity index (χ1) is 20.8. The molecule has 2 aliphatic rings. The summed E-state index contributed by atoms with van der Waals surface area (Å²) in [5, 5.41) is 24.7. The lowest BCUT2D eigenvalue weighted by Crippen LogP contribution is -2.55. The number of nitrogens with one attached hydrogen (secondary N) is 1. The highest BCUT2D eigenvalue weighted by Crippen LogP contribution is 2.47. The highest BCUT2D eigenvalue weighted by Gasteiger charge is 2.50. The molecule has 234 valence electrons. The van der Waals surface area contributed by atoms with Gasteiger partial charge in [0, 0.05) is 40.7 Å². The second-order valence-electron chi connectivity index (χ2n) is 11.5. The monoisotopic (exact) mass is 630 g/mol. The molecule has 0 bridgehead atoms. The van der Waals surface area contributed by atoms with Gasteiger partial charge in [-0.2, -0.15) is 0 Å². The van der Waals surface area contributed by atoms with Gasteiger partial charge in [-0.15, -0.1) is 0 Å². The van der Waals surface area contributed by atoms with Gasteiger partial charge in [0.2, 0.25) is 11.8 Å². The van der Waals surface area contributed by atoms with E-state index in [1.54, 1.807) is 29.2 Å². The first-order valence-corrected chi connectivity index (χ1v) is 16.4. The molecule has 0 saturated heterocycles. The summed E-state index contributed by atoms with van der Waals surface area (Å²) in [6.45, 7) is 2.24. The number of fused-ring (bicyclic) bond motifs is 3. The zero-order chi connectivity index (χ0) is 30.8. The van der Waals surface area contributed by atoms with Crippen molar-refractivity contribution < 1.29 is 24.5 Å². The van der Waals surface area contributed by atoms with E-state index in [-0.39, 0.29) is 31.5 Å². The minimum Gasteiger partial charge on any atom is -0.486 e. The number of aliphatic hydroxyl groups excluding tert-OH is 2. The van der Waals surface area contributed by atoms with E-state index in [1.165, 1.54) is 38.5 Å². The summed E-state index contributed by atoms with van der Waals surface area (Å²) in [6.07, 6.45) is 10.4. The zero-order valence-electron chi connectivity index (χ0n) is 24.9. The molecule has 43 heavy (non-hydrogen) atoms. The molecule has 0 aromatic heterocycles. The van der Waals surface area contributed by atoms with Crippen LogP contribution in [0.4, 0.5) is 0 Å². The van der Waals surface area contributed by atoms with Crippen molar-refractivity contribution in [1.29, 1.82) is 0 Å². The van der Waals surface area contributed by atoms with Crippen LogP contribution < -0.4 is 10.1 Å². The molecule has 1 aliphatic carbocycles. The maximum Gasteiger partial charge on any atom is 0.247 e. The third kappa shape index (κ3) is 8.53. The van der Waals surface area contributed by atoms with Crippen molar-refractivity contribution in [3.05, 3.63) is 75.3 Å². The van der Waals surface area contributed by atoms with Gasteiger partial charge in [0.1, 0.15) is 18.0 Å². The lowest BCUT2D eigenvalue weighted by Gasteiger charge is -2.41. The number of hydrogen-bond acceptors (Lipinski definition) is 5. The molecule has 7 nitrogen and oxygen atoms in total. The SMILES string of the molecule is CCCCCCCCCCCC(=O)N(Cc1ccc(Cl)cc1Cl)[C@@H]1C=C(C(=O)NCCO)[C@@H]2c3ccccc3O[C@@H]2[C@H]1O. The Hall–Kier alpha value is -2.58. The van der Waals surface area contributed by atoms with Crippen molar-refractivity contribution in [1.82, 2.24) is 10.2 Å². The third-order valence-corrected chi connectivity index (χ3v) is 8.99. The Morgan fingerprint density at radius 1 is 0.977 bits per heavy atom. The fourth-order valence-electron chi connectivity index (χ4n) is 6.11. The Bertz CT molecular complexity index is 1270. The van der Waals surface area contributed by atoms with Crippen LogP contribution >= 0.6 is 23.2 Å². The molecule has 3 N–H and O–H groups in total. The summed E-state index contributed by atoms with van der Waals surface area (Å²) in [7, 11) is 0. The largest absolute Gasteiger partial charge is 0.486 e. The van der Waals surface area contributed by atoms with Crippen molar-refractivity contribution in [2.45, 2.75) is 102 Å². The van der Waals surface area contributed by atoms with Crippen molar-refractivity contribution in [2.75, 3.05) is 13.2 Å². The Kier molecular flexibility index (Phi) is 12.8. The van der Waals surface area contributed by atoms with Crippen LogP contribution in [0.15, 0.2) is 54.1 Å². The van der Waals surface area contributed by atoms with E-state index in [1.807, 2.05) is 24.3 Å². The summed E-state index contributed by atoms with van der Waals surface area (Å²) < 4.78 is 6.22. The van der Waals surface area contributed by atoms with E-state index in [9.17, 15) is 19.8 Å². The molecule has 2 aromatic rings. The molecule has 9 heteroatoms. The van der Waals surface area contributed by atoms with Crippen molar-refractivity contribution in [3.8, 4) is 5.75 Å². The second kappa shape index (κ2) is 16.5. The quantitative estimate of drug-likeness (QED) is 0.182. The number of ether oxygens (including phenoxy) is 1. The third-order valence-electron chi connectivity index (χ3n) is 8.41. The lowest BCUT2D eigenvalue weighted by atomic mass is 9.77. The number of hydrogen-bond donors (Lipinski definition) is 3. The number of benzene rings is 2. The molecule has 4 atom stereocenters. The van der Waals surface area contributed by atoms with Crippen LogP contribution in [0.3, 0.4) is 0 Å². The molecule has 0 spiro atoms. The van der Waals surface area contributed by atoms with Crippen molar-refractivity contribution in [2.24, 2.45) is 0 Å². The average molecular weight is 632 g/mol. The van der Waals surface area contributed by atoms with Crippen LogP contribution in [-0.2, 0) is 16.1 Å². The molecule has 4 rings (SSSR count). The highest BCUT2D eigenvalue weighted by molar-refractivity contribution is 6.35. The van der Waals surface area contributed by atoms with Crippen molar-refractivity contribution >= 4 is 35.0 Å². The number of halogens is 2. The van der Waals surface area contributed by atoms with Crippen LogP contribution in [0.5, 0.6) is 5.75 Å². The van der Waals surface area contributed by atoms with Crippen LogP contribution in [0.1, 0.15) is 88.2 Å². The van der Waals surface area contributed by atoms with Gasteiger partial charge in [-0.25, -0.2) is 0 Å². The molecule has 1 heterocycles. The molecule has 0 radical (unpaired) electrons. The molecule has 2 aromatic carbocycles. The predicted molar refractivity (Wildman–Crippen MR) is 170 cm³/mol. The van der Waals surface area contributed by atoms with Crippen LogP contribution in [0.2, 0.25) is 10.0 Å². The molecule has 0 unspecified atom stereocenters. The van der Waals surface area contributed by atoms with Gasteiger partial charge >= 0.3 is 0 Å². The van der Waals surface area contributed by atoms with E-state index in [4.69, 9.17) is 27.9 Å². The summed E-state index contributed by atoms with van der Waals surface area (Å²) in [6, 6.07) is 11.7. The molecule has 1 aliphatic heterocycles. The Labute approximate surface area is 265 Å². The zero-order valence-corrected chi connectivity index (χ0v) is 26.5. The van der Waals surface area contributed by atoms with Gasteiger partial charge in [0.15, 0.2) is 0 Å². The fourth-order valence-corrected chi connectivity index (χ4v) is 6.58. The fraction of sp³-hybridized carbons (Fsp3) is 0.529. The van der Waals surface area contributed by atoms with Gasteiger partial charge in [0.25, 0.3) is 0 Å². The summed E-state index contributed by atoms with van der Waals surface area (Å²) in [4.78, 5) is 28.9. The minimum atomic E-state index is -1.09. The average Bonchev–Trinajstić information content (AvgIpc) is 3.39. The van der Waals surface area contributed by atoms with E-state index in [0.717, 1.165) is 24.8 Å². The first-order valence-electron chi connectivity index (χ1n) is 15.6. The minimum absolute atomic E-state index is 0.0882. The maximum absolute atomic E-state index is 13.9. The Morgan fingerprint density at radius 2 is 1.67 bits per heavy atom. The lowest BCUT2D eigenvalue weighted by molar-refractivity contribution is -0.138. The number of amides is 2. The van der Waals surface area contributed by atoms with Gasteiger partial charge in [-0.1, -0.05) is 106 Å². The van der Waals surface area contributed by atoms with Gasteiger partial charge < -0.3 is 25.2 Å². The number of rotatable bonds is 16. The summed E-state index contributed by atoms with van der Waals surface area (Å²) in [5.41, 5.74) is 1.90. The van der Waals surface area contributed by atoms with Gasteiger partial charge in [-0.05, 0) is 36.3 Å². The first kappa shape index (κ1) is 33.3. The topological polar surface area (TPSA) is 99.1 Å². The van der Waals surface area contributed by atoms with Crippen LogP contribution in [-0.4, -0.2) is 58.3 Å². The maximum atomic E-state index is 13.9. The van der Waals surface area contributed by atoms with Crippen molar-refractivity contribution in [3.63, 3.8) is 0 Å². The summed E-state index contributed by atoms with van der Waals surface area (Å²) >= 11 is 12.7. The molecule has 2 amide bonds. The number of carbonyl (C=O) groups excluding carboxylic acids is 2. The van der Waals surface area contributed by atoms with E-state index in [2.05, 4.69) is 12.2 Å². The Balaban J connectivity index is 1.57. The van der Waals surface area contributed by atoms with Gasteiger partial charge in [-0.3, -0.25) is 9.59 Å². The second-order valence-corrected chi connectivity index (χ2v) is 12.4. The normalized spacial score (nSPS) is 20.5. The molecule has 0 saturated carbocycles. The number of aliphatic hydroxyl groups is 2. The van der Waals surface area contributed by atoms with E-state index in [0.29, 0.717) is 33.4 Å². The number of unbranched alkanes of at least 4 members (excludes halogenated alkanes) is 8.